The summed E-state index contributed by atoms with van der Waals surface area (Å²) in [6, 6.07) is 11.4. The third kappa shape index (κ3) is 5.33. The van der Waals surface area contributed by atoms with E-state index in [0.717, 1.165) is 21.2 Å². The Bertz CT molecular complexity index is 804. The van der Waals surface area contributed by atoms with Gasteiger partial charge < -0.3 is 9.47 Å². The quantitative estimate of drug-likeness (QED) is 0.534. The van der Waals surface area contributed by atoms with E-state index in [-0.39, 0.29) is 18.4 Å². The molecule has 138 valence electrons. The molecule has 0 heterocycles. The van der Waals surface area contributed by atoms with Crippen LogP contribution in [0.4, 0.5) is 0 Å². The molecule has 0 aliphatic heterocycles. The number of ether oxygens (including phenoxy) is 2. The van der Waals surface area contributed by atoms with Crippen LogP contribution in [0.3, 0.4) is 0 Å². The fraction of sp³-hybridized carbons (Fsp3) is 0.300. The standard InChI is InChI=1S/C20H23BrN2O3/c1-13(2)16-10-17(21)14(3)9-19(16)26-12-20(24)23-22-11-15-7-5-6-8-18(15)25-4/h5-11,13H,12H2,1-4H3,(H,23,24)/b22-11-. The summed E-state index contributed by atoms with van der Waals surface area (Å²) in [4.78, 5) is 12.0. The summed E-state index contributed by atoms with van der Waals surface area (Å²) in [5.74, 6) is 1.36. The van der Waals surface area contributed by atoms with Crippen molar-refractivity contribution < 1.29 is 14.3 Å². The van der Waals surface area contributed by atoms with Crippen LogP contribution in [0.5, 0.6) is 11.5 Å². The van der Waals surface area contributed by atoms with Crippen molar-refractivity contribution in [2.75, 3.05) is 13.7 Å². The highest BCUT2D eigenvalue weighted by Gasteiger charge is 2.12. The van der Waals surface area contributed by atoms with Gasteiger partial charge in [0.2, 0.25) is 0 Å². The maximum absolute atomic E-state index is 12.0. The SMILES string of the molecule is COc1ccccc1/C=N\NC(=O)COc1cc(C)c(Br)cc1C(C)C. The van der Waals surface area contributed by atoms with Crippen molar-refractivity contribution >= 4 is 28.1 Å². The van der Waals surface area contributed by atoms with E-state index in [1.54, 1.807) is 13.3 Å². The molecule has 0 saturated heterocycles. The van der Waals surface area contributed by atoms with E-state index >= 15 is 0 Å². The molecular weight excluding hydrogens is 396 g/mol. The lowest BCUT2D eigenvalue weighted by molar-refractivity contribution is -0.123. The maximum atomic E-state index is 12.0. The van der Waals surface area contributed by atoms with Gasteiger partial charge in [-0.05, 0) is 48.2 Å². The molecule has 2 aromatic carbocycles. The fourth-order valence-electron chi connectivity index (χ4n) is 2.37. The van der Waals surface area contributed by atoms with Crippen molar-refractivity contribution in [3.63, 3.8) is 0 Å². The van der Waals surface area contributed by atoms with Gasteiger partial charge in [0.25, 0.3) is 5.91 Å². The van der Waals surface area contributed by atoms with Crippen LogP contribution < -0.4 is 14.9 Å². The monoisotopic (exact) mass is 418 g/mol. The van der Waals surface area contributed by atoms with E-state index in [4.69, 9.17) is 9.47 Å². The van der Waals surface area contributed by atoms with Crippen LogP contribution in [0.1, 0.15) is 36.5 Å². The summed E-state index contributed by atoms with van der Waals surface area (Å²) in [6.45, 7) is 6.05. The Morgan fingerprint density at radius 3 is 2.69 bits per heavy atom. The van der Waals surface area contributed by atoms with Crippen molar-refractivity contribution in [1.82, 2.24) is 5.43 Å². The highest BCUT2D eigenvalue weighted by molar-refractivity contribution is 9.10. The molecule has 2 aromatic rings. The van der Waals surface area contributed by atoms with Gasteiger partial charge in [-0.1, -0.05) is 41.9 Å². The minimum absolute atomic E-state index is 0.107. The van der Waals surface area contributed by atoms with Gasteiger partial charge in [0.1, 0.15) is 11.5 Å². The number of hydrogen-bond acceptors (Lipinski definition) is 4. The van der Waals surface area contributed by atoms with Gasteiger partial charge in [0.15, 0.2) is 6.61 Å². The Kier molecular flexibility index (Phi) is 7.21. The molecule has 5 nitrogen and oxygen atoms in total. The summed E-state index contributed by atoms with van der Waals surface area (Å²) in [5.41, 5.74) is 5.35. The minimum atomic E-state index is -0.327. The van der Waals surface area contributed by atoms with E-state index < -0.39 is 0 Å². The molecule has 0 aliphatic carbocycles. The number of halogens is 1. The molecule has 1 N–H and O–H groups in total. The van der Waals surface area contributed by atoms with E-state index in [9.17, 15) is 4.79 Å². The summed E-state index contributed by atoms with van der Waals surface area (Å²) >= 11 is 3.53. The Labute approximate surface area is 162 Å². The topological polar surface area (TPSA) is 59.9 Å². The number of hydrogen-bond donors (Lipinski definition) is 1. The zero-order valence-corrected chi connectivity index (χ0v) is 17.0. The smallest absolute Gasteiger partial charge is 0.277 e. The Morgan fingerprint density at radius 1 is 1.27 bits per heavy atom. The van der Waals surface area contributed by atoms with Gasteiger partial charge in [-0.2, -0.15) is 5.10 Å². The van der Waals surface area contributed by atoms with E-state index in [1.807, 2.05) is 43.3 Å². The molecular formula is C20H23BrN2O3. The molecule has 0 aromatic heterocycles. The van der Waals surface area contributed by atoms with Crippen LogP contribution in [-0.4, -0.2) is 25.8 Å². The average molecular weight is 419 g/mol. The molecule has 0 radical (unpaired) electrons. The molecule has 6 heteroatoms. The average Bonchev–Trinajstić information content (AvgIpc) is 2.62. The van der Waals surface area contributed by atoms with Gasteiger partial charge >= 0.3 is 0 Å². The van der Waals surface area contributed by atoms with Crippen molar-refractivity contribution in [1.29, 1.82) is 0 Å². The van der Waals surface area contributed by atoms with Crippen molar-refractivity contribution in [3.05, 3.63) is 57.6 Å². The van der Waals surface area contributed by atoms with Crippen LogP contribution in [0.2, 0.25) is 0 Å². The van der Waals surface area contributed by atoms with Crippen LogP contribution in [0.15, 0.2) is 46.0 Å². The maximum Gasteiger partial charge on any atom is 0.277 e. The predicted molar refractivity (Wildman–Crippen MR) is 107 cm³/mol. The van der Waals surface area contributed by atoms with Crippen LogP contribution in [0, 0.1) is 6.92 Å². The molecule has 0 aliphatic rings. The minimum Gasteiger partial charge on any atom is -0.496 e. The van der Waals surface area contributed by atoms with Gasteiger partial charge in [-0.25, -0.2) is 5.43 Å². The third-order valence-electron chi connectivity index (χ3n) is 3.80. The Balaban J connectivity index is 1.97. The molecule has 26 heavy (non-hydrogen) atoms. The third-order valence-corrected chi connectivity index (χ3v) is 4.66. The number of hydrazone groups is 1. The van der Waals surface area contributed by atoms with Crippen molar-refractivity contribution in [2.24, 2.45) is 5.10 Å². The predicted octanol–water partition coefficient (Wildman–Crippen LogP) is 4.42. The highest BCUT2D eigenvalue weighted by Crippen LogP contribution is 2.32. The summed E-state index contributed by atoms with van der Waals surface area (Å²) in [7, 11) is 1.59. The normalized spacial score (nSPS) is 11.0. The molecule has 0 fully saturated rings. The Morgan fingerprint density at radius 2 is 2.00 bits per heavy atom. The molecule has 0 spiro atoms. The first kappa shape index (κ1) is 20.0. The Hall–Kier alpha value is -2.34. The number of nitrogens with one attached hydrogen (secondary N) is 1. The summed E-state index contributed by atoms with van der Waals surface area (Å²) in [5, 5.41) is 3.96. The number of carbonyl (C=O) groups excluding carboxylic acids is 1. The molecule has 0 unspecified atom stereocenters. The second-order valence-corrected chi connectivity index (χ2v) is 6.97. The van der Waals surface area contributed by atoms with Crippen LogP contribution >= 0.6 is 15.9 Å². The summed E-state index contributed by atoms with van der Waals surface area (Å²) in [6.07, 6.45) is 1.54. The van der Waals surface area contributed by atoms with Crippen LogP contribution in [-0.2, 0) is 4.79 Å². The number of carbonyl (C=O) groups is 1. The first-order valence-electron chi connectivity index (χ1n) is 8.30. The number of aryl methyl sites for hydroxylation is 1. The lowest BCUT2D eigenvalue weighted by atomic mass is 10.0. The lowest BCUT2D eigenvalue weighted by Gasteiger charge is -2.15. The van der Waals surface area contributed by atoms with Gasteiger partial charge in [0.05, 0.1) is 13.3 Å². The zero-order chi connectivity index (χ0) is 19.1. The molecule has 1 amide bonds. The number of para-hydroxylation sites is 1. The fourth-order valence-corrected chi connectivity index (χ4v) is 2.73. The second-order valence-electron chi connectivity index (χ2n) is 6.12. The van der Waals surface area contributed by atoms with E-state index in [2.05, 4.69) is 40.3 Å². The molecule has 0 atom stereocenters. The number of methoxy groups -OCH3 is 1. The lowest BCUT2D eigenvalue weighted by Crippen LogP contribution is -2.25. The van der Waals surface area contributed by atoms with E-state index in [1.165, 1.54) is 0 Å². The number of rotatable bonds is 7. The number of amides is 1. The molecule has 0 saturated carbocycles. The number of nitrogens with zero attached hydrogens (tertiary/aromatic N) is 1. The van der Waals surface area contributed by atoms with Crippen molar-refractivity contribution in [3.8, 4) is 11.5 Å². The number of benzene rings is 2. The molecule has 0 bridgehead atoms. The van der Waals surface area contributed by atoms with Gasteiger partial charge in [-0.3, -0.25) is 4.79 Å². The zero-order valence-electron chi connectivity index (χ0n) is 15.4. The van der Waals surface area contributed by atoms with E-state index in [0.29, 0.717) is 11.5 Å². The second kappa shape index (κ2) is 9.38. The first-order valence-corrected chi connectivity index (χ1v) is 9.09. The van der Waals surface area contributed by atoms with Crippen LogP contribution in [0.25, 0.3) is 0 Å². The largest absolute Gasteiger partial charge is 0.496 e. The summed E-state index contributed by atoms with van der Waals surface area (Å²) < 4.78 is 12.0. The van der Waals surface area contributed by atoms with Crippen molar-refractivity contribution in [2.45, 2.75) is 26.7 Å². The van der Waals surface area contributed by atoms with Gasteiger partial charge in [0, 0.05) is 10.0 Å². The van der Waals surface area contributed by atoms with Gasteiger partial charge in [-0.15, -0.1) is 0 Å². The highest BCUT2D eigenvalue weighted by atomic mass is 79.9. The molecule has 2 rings (SSSR count). The first-order chi connectivity index (χ1) is 12.4.